The van der Waals surface area contributed by atoms with E-state index in [4.69, 9.17) is 0 Å². The first-order chi connectivity index (χ1) is 9.15. The summed E-state index contributed by atoms with van der Waals surface area (Å²) in [5.41, 5.74) is 4.07. The predicted octanol–water partition coefficient (Wildman–Crippen LogP) is 1.79. The molecule has 3 nitrogen and oxygen atoms in total. The summed E-state index contributed by atoms with van der Waals surface area (Å²) in [7, 11) is 4.02. The van der Waals surface area contributed by atoms with Gasteiger partial charge in [0, 0.05) is 13.1 Å². The maximum Gasteiger partial charge on any atom is 0.224 e. The van der Waals surface area contributed by atoms with Crippen molar-refractivity contribution in [2.24, 2.45) is 0 Å². The van der Waals surface area contributed by atoms with E-state index in [1.165, 1.54) is 36.8 Å². The molecule has 1 aliphatic carbocycles. The van der Waals surface area contributed by atoms with E-state index in [0.717, 1.165) is 18.7 Å². The molecule has 0 atom stereocenters. The Morgan fingerprint density at radius 1 is 1.21 bits per heavy atom. The SMILES string of the molecule is CN(C)CCNC(=O)Cc1ccc2c(c1)CCCC2. The Bertz CT molecular complexity index is 440. The number of likely N-dealkylation sites (N-methyl/N-ethyl adjacent to an activating group) is 1. The number of hydrogen-bond donors (Lipinski definition) is 1. The first-order valence-electron chi connectivity index (χ1n) is 7.17. The average Bonchev–Trinajstić information content (AvgIpc) is 2.38. The summed E-state index contributed by atoms with van der Waals surface area (Å²) in [6.45, 7) is 1.60. The van der Waals surface area contributed by atoms with Gasteiger partial charge in [-0.2, -0.15) is 0 Å². The highest BCUT2D eigenvalue weighted by Gasteiger charge is 2.10. The van der Waals surface area contributed by atoms with Crippen LogP contribution in [0.1, 0.15) is 29.5 Å². The lowest BCUT2D eigenvalue weighted by atomic mass is 9.90. The lowest BCUT2D eigenvalue weighted by molar-refractivity contribution is -0.120. The highest BCUT2D eigenvalue weighted by molar-refractivity contribution is 5.78. The molecule has 0 radical (unpaired) electrons. The van der Waals surface area contributed by atoms with Gasteiger partial charge in [0.05, 0.1) is 6.42 Å². The smallest absolute Gasteiger partial charge is 0.224 e. The number of amides is 1. The summed E-state index contributed by atoms with van der Waals surface area (Å²) in [6, 6.07) is 6.53. The quantitative estimate of drug-likeness (QED) is 0.875. The third-order valence-corrected chi connectivity index (χ3v) is 3.66. The van der Waals surface area contributed by atoms with E-state index >= 15 is 0 Å². The van der Waals surface area contributed by atoms with Gasteiger partial charge in [-0.15, -0.1) is 0 Å². The van der Waals surface area contributed by atoms with Crippen LogP contribution in [0.5, 0.6) is 0 Å². The molecule has 1 aromatic carbocycles. The van der Waals surface area contributed by atoms with Crippen LogP contribution in [-0.4, -0.2) is 38.0 Å². The molecule has 2 rings (SSSR count). The molecule has 0 saturated heterocycles. The fourth-order valence-electron chi connectivity index (χ4n) is 2.56. The van der Waals surface area contributed by atoms with Gasteiger partial charge in [-0.3, -0.25) is 4.79 Å². The van der Waals surface area contributed by atoms with Crippen molar-refractivity contribution < 1.29 is 4.79 Å². The zero-order valence-corrected chi connectivity index (χ0v) is 12.0. The van der Waals surface area contributed by atoms with Crippen molar-refractivity contribution in [2.75, 3.05) is 27.2 Å². The van der Waals surface area contributed by atoms with E-state index < -0.39 is 0 Å². The maximum absolute atomic E-state index is 11.8. The monoisotopic (exact) mass is 260 g/mol. The Morgan fingerprint density at radius 2 is 1.95 bits per heavy atom. The van der Waals surface area contributed by atoms with Crippen molar-refractivity contribution in [1.29, 1.82) is 0 Å². The molecular formula is C16H24N2O. The first kappa shape index (κ1) is 14.1. The maximum atomic E-state index is 11.8. The number of nitrogens with zero attached hydrogens (tertiary/aromatic N) is 1. The van der Waals surface area contributed by atoms with Crippen LogP contribution in [0.15, 0.2) is 18.2 Å². The number of aryl methyl sites for hydroxylation is 2. The Balaban J connectivity index is 1.86. The molecule has 104 valence electrons. The van der Waals surface area contributed by atoms with Gasteiger partial charge in [0.15, 0.2) is 0 Å². The van der Waals surface area contributed by atoms with E-state index in [1.54, 1.807) is 0 Å². The average molecular weight is 260 g/mol. The van der Waals surface area contributed by atoms with Crippen molar-refractivity contribution in [3.63, 3.8) is 0 Å². The fraction of sp³-hybridized carbons (Fsp3) is 0.562. The summed E-state index contributed by atoms with van der Waals surface area (Å²) >= 11 is 0. The minimum atomic E-state index is 0.123. The minimum absolute atomic E-state index is 0.123. The molecule has 1 amide bonds. The van der Waals surface area contributed by atoms with Crippen molar-refractivity contribution in [3.05, 3.63) is 34.9 Å². The molecule has 0 heterocycles. The van der Waals surface area contributed by atoms with E-state index in [2.05, 4.69) is 28.4 Å². The van der Waals surface area contributed by atoms with Gasteiger partial charge in [-0.1, -0.05) is 18.2 Å². The highest BCUT2D eigenvalue weighted by atomic mass is 16.1. The van der Waals surface area contributed by atoms with Crippen LogP contribution in [0.2, 0.25) is 0 Å². The largest absolute Gasteiger partial charge is 0.355 e. The molecule has 0 bridgehead atoms. The number of benzene rings is 1. The Kier molecular flexibility index (Phi) is 4.97. The number of fused-ring (bicyclic) bond motifs is 1. The lowest BCUT2D eigenvalue weighted by Crippen LogP contribution is -2.32. The van der Waals surface area contributed by atoms with E-state index in [9.17, 15) is 4.79 Å². The van der Waals surface area contributed by atoms with Gasteiger partial charge in [-0.05, 0) is 56.5 Å². The van der Waals surface area contributed by atoms with Crippen LogP contribution in [0.3, 0.4) is 0 Å². The number of carbonyl (C=O) groups excluding carboxylic acids is 1. The van der Waals surface area contributed by atoms with Crippen molar-refractivity contribution in [1.82, 2.24) is 10.2 Å². The van der Waals surface area contributed by atoms with Gasteiger partial charge in [0.25, 0.3) is 0 Å². The Morgan fingerprint density at radius 3 is 2.68 bits per heavy atom. The van der Waals surface area contributed by atoms with Crippen molar-refractivity contribution in [2.45, 2.75) is 32.1 Å². The fourth-order valence-corrected chi connectivity index (χ4v) is 2.56. The predicted molar refractivity (Wildman–Crippen MR) is 78.4 cm³/mol. The van der Waals surface area contributed by atoms with Crippen LogP contribution in [0, 0.1) is 0 Å². The van der Waals surface area contributed by atoms with Crippen LogP contribution in [-0.2, 0) is 24.1 Å². The molecule has 19 heavy (non-hydrogen) atoms. The van der Waals surface area contributed by atoms with E-state index in [1.807, 2.05) is 14.1 Å². The molecule has 0 unspecified atom stereocenters. The van der Waals surface area contributed by atoms with Crippen LogP contribution >= 0.6 is 0 Å². The van der Waals surface area contributed by atoms with Crippen molar-refractivity contribution in [3.8, 4) is 0 Å². The van der Waals surface area contributed by atoms with Crippen LogP contribution in [0.25, 0.3) is 0 Å². The molecule has 0 fully saturated rings. The van der Waals surface area contributed by atoms with Crippen molar-refractivity contribution >= 4 is 5.91 Å². The third kappa shape index (κ3) is 4.35. The van der Waals surface area contributed by atoms with E-state index in [-0.39, 0.29) is 5.91 Å². The normalized spacial score (nSPS) is 14.3. The molecule has 0 aromatic heterocycles. The number of rotatable bonds is 5. The van der Waals surface area contributed by atoms with Gasteiger partial charge in [0.1, 0.15) is 0 Å². The number of hydrogen-bond acceptors (Lipinski definition) is 2. The van der Waals surface area contributed by atoms with Crippen LogP contribution < -0.4 is 5.32 Å². The van der Waals surface area contributed by atoms with Crippen LogP contribution in [0.4, 0.5) is 0 Å². The van der Waals surface area contributed by atoms with Gasteiger partial charge >= 0.3 is 0 Å². The summed E-state index contributed by atoms with van der Waals surface area (Å²) in [4.78, 5) is 13.9. The first-order valence-corrected chi connectivity index (χ1v) is 7.17. The second-order valence-electron chi connectivity index (χ2n) is 5.64. The Labute approximate surface area is 116 Å². The molecular weight excluding hydrogens is 236 g/mol. The summed E-state index contributed by atoms with van der Waals surface area (Å²) in [6.07, 6.45) is 5.46. The highest BCUT2D eigenvalue weighted by Crippen LogP contribution is 2.22. The second-order valence-corrected chi connectivity index (χ2v) is 5.64. The van der Waals surface area contributed by atoms with Gasteiger partial charge in [0.2, 0.25) is 5.91 Å². The van der Waals surface area contributed by atoms with Gasteiger partial charge < -0.3 is 10.2 Å². The van der Waals surface area contributed by atoms with Gasteiger partial charge in [-0.25, -0.2) is 0 Å². The molecule has 0 aliphatic heterocycles. The minimum Gasteiger partial charge on any atom is -0.355 e. The number of nitrogens with one attached hydrogen (secondary N) is 1. The number of carbonyl (C=O) groups is 1. The lowest BCUT2D eigenvalue weighted by Gasteiger charge is -2.16. The topological polar surface area (TPSA) is 32.3 Å². The zero-order valence-electron chi connectivity index (χ0n) is 12.0. The van der Waals surface area contributed by atoms with E-state index in [0.29, 0.717) is 6.42 Å². The second kappa shape index (κ2) is 6.71. The molecule has 1 aliphatic rings. The summed E-state index contributed by atoms with van der Waals surface area (Å²) in [5, 5.41) is 2.96. The molecule has 0 spiro atoms. The summed E-state index contributed by atoms with van der Waals surface area (Å²) < 4.78 is 0. The standard InChI is InChI=1S/C16H24N2O/c1-18(2)10-9-17-16(19)12-13-7-8-14-5-3-4-6-15(14)11-13/h7-8,11H,3-6,9-10,12H2,1-2H3,(H,17,19). The molecule has 1 N–H and O–H groups in total. The molecule has 0 saturated carbocycles. The molecule has 3 heteroatoms. The zero-order chi connectivity index (χ0) is 13.7. The third-order valence-electron chi connectivity index (χ3n) is 3.66. The molecule has 1 aromatic rings. The Hall–Kier alpha value is -1.35. The summed E-state index contributed by atoms with van der Waals surface area (Å²) in [5.74, 6) is 0.123.